The average molecular weight is 729 g/mol. The predicted molar refractivity (Wildman–Crippen MR) is 172 cm³/mol. The summed E-state index contributed by atoms with van der Waals surface area (Å²) in [6.45, 7) is 24.6. The molecule has 236 valence electrons. The first-order valence-corrected chi connectivity index (χ1v) is 25.4. The standard InChI is InChI=1S/C35H58O2Si2.2ClH.Zr/c1-11-21-34(3,4)38(7,8)36-32-28(23-26-17-13-15-19-30(26)32)25-29-24-27-18-14-16-20-31(27)33(29)37-39(9,10)35(5,6)22-12-2;;;/h23-24H,11-22,25H2,1-10H3;2*1H;/q;;;+2/p-2. The number of hydrogen-bond donors (Lipinski definition) is 0. The van der Waals surface area contributed by atoms with Gasteiger partial charge in [-0.15, -0.1) is 0 Å². The fraction of sp³-hybridized carbons (Fsp3) is 0.771. The van der Waals surface area contributed by atoms with Crippen LogP contribution >= 0.6 is 0 Å². The van der Waals surface area contributed by atoms with Gasteiger partial charge in [-0.3, -0.25) is 0 Å². The third kappa shape index (κ3) is 6.50. The van der Waals surface area contributed by atoms with Crippen molar-refractivity contribution in [2.75, 3.05) is 0 Å². The maximum Gasteiger partial charge on any atom is -1.00 e. The van der Waals surface area contributed by atoms with Crippen molar-refractivity contribution >= 4 is 16.6 Å². The van der Waals surface area contributed by atoms with E-state index in [4.69, 9.17) is 8.85 Å². The van der Waals surface area contributed by atoms with Gasteiger partial charge >= 0.3 is 262 Å². The average Bonchev–Trinajstić information content (AvgIpc) is 3.35. The molecule has 0 unspecified atom stereocenters. The second-order valence-electron chi connectivity index (χ2n) is 15.8. The van der Waals surface area contributed by atoms with Crippen LogP contribution in [-0.2, 0) is 32.1 Å². The molecule has 0 aromatic rings. The molecule has 1 saturated heterocycles. The quantitative estimate of drug-likeness (QED) is 0.260. The van der Waals surface area contributed by atoms with Gasteiger partial charge in [-0.1, -0.05) is 0 Å². The van der Waals surface area contributed by atoms with Crippen LogP contribution in [-0.4, -0.2) is 16.6 Å². The summed E-state index contributed by atoms with van der Waals surface area (Å²) in [6.07, 6.45) is 16.8. The Hall–Kier alpha value is 0.457. The molecule has 0 aromatic carbocycles. The van der Waals surface area contributed by atoms with Gasteiger partial charge in [-0.05, 0) is 0 Å². The molecule has 0 N–H and O–H groups in total. The van der Waals surface area contributed by atoms with Gasteiger partial charge in [-0.2, -0.15) is 0 Å². The predicted octanol–water partition coefficient (Wildman–Crippen LogP) is 5.94. The van der Waals surface area contributed by atoms with Crippen molar-refractivity contribution < 1.29 is 56.9 Å². The number of fused-ring (bicyclic) bond motifs is 4. The Balaban J connectivity index is 0.00000242. The van der Waals surface area contributed by atoms with E-state index in [9.17, 15) is 0 Å². The molecule has 0 aromatic heterocycles. The summed E-state index contributed by atoms with van der Waals surface area (Å²) in [5.41, 5.74) is 10.5. The molecule has 1 heterocycles. The number of hydrogen-bond acceptors (Lipinski definition) is 2. The third-order valence-electron chi connectivity index (χ3n) is 12.0. The van der Waals surface area contributed by atoms with Crippen molar-refractivity contribution in [2.24, 2.45) is 0 Å². The normalized spacial score (nSPS) is 24.1. The van der Waals surface area contributed by atoms with Gasteiger partial charge in [0.05, 0.1) is 0 Å². The minimum absolute atomic E-state index is 0. The summed E-state index contributed by atoms with van der Waals surface area (Å²) in [4.78, 5) is 0. The summed E-state index contributed by atoms with van der Waals surface area (Å²) < 4.78 is 16.5. The number of halogens is 2. The van der Waals surface area contributed by atoms with Crippen molar-refractivity contribution in [2.45, 2.75) is 169 Å². The zero-order valence-corrected chi connectivity index (χ0v) is 34.4. The van der Waals surface area contributed by atoms with Crippen LogP contribution in [0.25, 0.3) is 0 Å². The van der Waals surface area contributed by atoms with Crippen LogP contribution < -0.4 is 24.8 Å². The van der Waals surface area contributed by atoms with Gasteiger partial charge < -0.3 is 24.8 Å². The molecular formula is C35H58Cl2O2Si2Zr. The molecule has 5 aliphatic rings. The Morgan fingerprint density at radius 3 is 1.33 bits per heavy atom. The van der Waals surface area contributed by atoms with E-state index in [0.29, 0.717) is 0 Å². The molecule has 5 rings (SSSR count). The number of rotatable bonds is 10. The molecule has 0 spiro atoms. The van der Waals surface area contributed by atoms with Gasteiger partial charge in [0.1, 0.15) is 0 Å². The topological polar surface area (TPSA) is 18.5 Å². The van der Waals surface area contributed by atoms with Crippen molar-refractivity contribution in [1.29, 1.82) is 0 Å². The second-order valence-corrected chi connectivity index (χ2v) is 28.6. The second kappa shape index (κ2) is 13.7. The Kier molecular flexibility index (Phi) is 12.0. The van der Waals surface area contributed by atoms with Gasteiger partial charge in [-0.25, -0.2) is 0 Å². The van der Waals surface area contributed by atoms with Crippen LogP contribution in [0.2, 0.25) is 43.5 Å². The largest absolute Gasteiger partial charge is 1.00 e. The van der Waals surface area contributed by atoms with Crippen LogP contribution in [0.1, 0.15) is 125 Å². The van der Waals surface area contributed by atoms with Crippen LogP contribution in [0, 0.1) is 0 Å². The van der Waals surface area contributed by atoms with Gasteiger partial charge in [0.15, 0.2) is 0 Å². The van der Waals surface area contributed by atoms with E-state index < -0.39 is 39.9 Å². The Morgan fingerprint density at radius 2 is 0.976 bits per heavy atom. The van der Waals surface area contributed by atoms with Crippen molar-refractivity contribution in [3.05, 3.63) is 45.0 Å². The van der Waals surface area contributed by atoms with Crippen LogP contribution in [0.15, 0.2) is 45.0 Å². The molecule has 2 nitrogen and oxygen atoms in total. The third-order valence-corrected chi connectivity index (χ3v) is 25.5. The maximum atomic E-state index is 7.46. The molecule has 0 radical (unpaired) electrons. The summed E-state index contributed by atoms with van der Waals surface area (Å²) in [5.74, 6) is 2.83. The van der Waals surface area contributed by atoms with Gasteiger partial charge in [0.2, 0.25) is 0 Å². The summed E-state index contributed by atoms with van der Waals surface area (Å²) in [6, 6.07) is 0. The minimum atomic E-state index is -1.95. The monoisotopic (exact) mass is 726 g/mol. The van der Waals surface area contributed by atoms with E-state index in [2.05, 4.69) is 67.7 Å². The van der Waals surface area contributed by atoms with E-state index >= 15 is 0 Å². The molecule has 2 atom stereocenters. The SMILES string of the molecule is CCCC(C)(C)[Si](C)(C)OC1=C2CC3=C(O[Si](C)(C)C(C)(C)CCC)C4=C(CCCC4)[C@@H]3[Zr+2][C@@H]2C2=C1CCCC2.[Cl-].[Cl-]. The van der Waals surface area contributed by atoms with Crippen molar-refractivity contribution in [3.8, 4) is 0 Å². The van der Waals surface area contributed by atoms with Crippen molar-refractivity contribution in [3.63, 3.8) is 0 Å². The molecular weight excluding hydrogens is 671 g/mol. The van der Waals surface area contributed by atoms with E-state index in [-0.39, 0.29) is 34.9 Å². The van der Waals surface area contributed by atoms with Crippen LogP contribution in [0.3, 0.4) is 0 Å². The first kappa shape index (κ1) is 36.9. The van der Waals surface area contributed by atoms with E-state index in [1.807, 2.05) is 11.1 Å². The summed E-state index contributed by atoms with van der Waals surface area (Å²) in [5, 5.41) is 0.560. The van der Waals surface area contributed by atoms with E-state index in [1.54, 1.807) is 22.3 Å². The molecule has 42 heavy (non-hydrogen) atoms. The Labute approximate surface area is 285 Å². The Bertz CT molecular complexity index is 1070. The molecule has 0 bridgehead atoms. The van der Waals surface area contributed by atoms with Gasteiger partial charge in [0, 0.05) is 0 Å². The van der Waals surface area contributed by atoms with Gasteiger partial charge in [0.25, 0.3) is 0 Å². The zero-order valence-electron chi connectivity index (χ0n) is 28.4. The molecule has 4 aliphatic carbocycles. The Morgan fingerprint density at radius 1 is 0.619 bits per heavy atom. The molecule has 7 heteroatoms. The molecule has 1 aliphatic heterocycles. The summed E-state index contributed by atoms with van der Waals surface area (Å²) in [7, 11) is -3.89. The van der Waals surface area contributed by atoms with Crippen LogP contribution in [0.5, 0.6) is 0 Å². The number of allylic oxidation sites excluding steroid dienone is 6. The maximum absolute atomic E-state index is 7.46. The van der Waals surface area contributed by atoms with E-state index in [0.717, 1.165) is 13.7 Å². The molecule has 0 amide bonds. The first-order valence-electron chi connectivity index (χ1n) is 16.8. The smallest absolute Gasteiger partial charge is 1.00 e. The zero-order chi connectivity index (χ0) is 29.1. The summed E-state index contributed by atoms with van der Waals surface area (Å²) >= 11 is -0.755. The molecule has 0 saturated carbocycles. The minimum Gasteiger partial charge on any atom is -1.00 e. The van der Waals surface area contributed by atoms with E-state index in [1.165, 1.54) is 88.6 Å². The fourth-order valence-corrected chi connectivity index (χ4v) is 17.4. The fourth-order valence-electron chi connectivity index (χ4n) is 8.12. The van der Waals surface area contributed by atoms with Crippen molar-refractivity contribution in [1.82, 2.24) is 0 Å². The first-order chi connectivity index (χ1) is 18.7. The molecule has 1 fully saturated rings. The van der Waals surface area contributed by atoms with Crippen LogP contribution in [0.4, 0.5) is 0 Å².